The molecule has 3 aromatic carbocycles. The Morgan fingerprint density at radius 3 is 0.750 bits per heavy atom. The van der Waals surface area contributed by atoms with Crippen LogP contribution in [0.4, 0.5) is 0 Å². The maximum atomic E-state index is 2.66. The zero-order chi connectivity index (χ0) is 30.6. The van der Waals surface area contributed by atoms with Crippen LogP contribution in [0.15, 0.2) is 24.3 Å². The van der Waals surface area contributed by atoms with E-state index < -0.39 is 0 Å². The Balaban J connectivity index is 1.35. The Morgan fingerprint density at radius 1 is 0.318 bits per heavy atom. The van der Waals surface area contributed by atoms with E-state index in [0.29, 0.717) is 89.7 Å². The molecule has 0 nitrogen and oxygen atoms in total. The molecule has 0 fully saturated rings. The summed E-state index contributed by atoms with van der Waals surface area (Å²) in [6.07, 6.45) is 0. The molecule has 0 spiro atoms. The first-order chi connectivity index (χ1) is 21.1. The molecular formula is C38H46Se6. The van der Waals surface area contributed by atoms with Gasteiger partial charge in [0, 0.05) is 0 Å². The van der Waals surface area contributed by atoms with E-state index in [2.05, 4.69) is 65.8 Å². The molecule has 0 unspecified atom stereocenters. The normalized spacial score (nSPS) is 18.9. The Kier molecular flexibility index (Phi) is 10.3. The molecule has 4 heterocycles. The zero-order valence-corrected chi connectivity index (χ0v) is 37.5. The van der Waals surface area contributed by atoms with Crippen molar-refractivity contribution in [3.63, 3.8) is 0 Å². The summed E-state index contributed by atoms with van der Waals surface area (Å²) < 4.78 is 0. The molecule has 4 aliphatic rings. The molecule has 0 saturated heterocycles. The number of hydrogen-bond donors (Lipinski definition) is 0. The van der Waals surface area contributed by atoms with Gasteiger partial charge in [0.15, 0.2) is 0 Å². The topological polar surface area (TPSA) is 0 Å². The summed E-state index contributed by atoms with van der Waals surface area (Å²) in [5.74, 6) is 0. The van der Waals surface area contributed by atoms with Crippen molar-refractivity contribution in [3.05, 3.63) is 102 Å². The van der Waals surface area contributed by atoms with Gasteiger partial charge in [-0.3, -0.25) is 0 Å². The summed E-state index contributed by atoms with van der Waals surface area (Å²) in [5.41, 5.74) is 25.8. The van der Waals surface area contributed by atoms with Gasteiger partial charge in [0.1, 0.15) is 0 Å². The first kappa shape index (κ1) is 33.3. The average molecular weight is 977 g/mol. The summed E-state index contributed by atoms with van der Waals surface area (Å²) in [6.45, 7) is 14.6. The molecule has 0 amide bonds. The monoisotopic (exact) mass is 982 g/mol. The Hall–Kier alpha value is 0.777. The molecule has 0 aromatic heterocycles. The summed E-state index contributed by atoms with van der Waals surface area (Å²) >= 11 is 3.89. The van der Waals surface area contributed by atoms with Crippen LogP contribution >= 0.6 is 0 Å². The summed E-state index contributed by atoms with van der Waals surface area (Å²) in [7, 11) is 0. The van der Waals surface area contributed by atoms with E-state index in [1.165, 1.54) is 63.8 Å². The summed E-state index contributed by atoms with van der Waals surface area (Å²) in [5, 5.41) is 16.5. The summed E-state index contributed by atoms with van der Waals surface area (Å²) in [6, 6.07) is 10.6. The predicted molar refractivity (Wildman–Crippen MR) is 196 cm³/mol. The van der Waals surface area contributed by atoms with Crippen molar-refractivity contribution in [1.29, 1.82) is 0 Å². The Bertz CT molecular complexity index is 1380. The molecule has 4 bridgehead atoms. The minimum atomic E-state index is 0.238. The van der Waals surface area contributed by atoms with Crippen molar-refractivity contribution >= 4 is 89.7 Å². The standard InChI is InChI=1S/C38H46Se6/c1-37(2,3)27-7-23-11-39-17-31-33-19-41-13-25-9-28(38(4,5)6)10-26-14-42-20-34(36(33)22-44-16-30(25)26)32-18-40-12-24(8-27)29(23)15-43-21-35(31)32/h7-10H,11-22H2,1-6H3. The van der Waals surface area contributed by atoms with Crippen molar-refractivity contribution in [2.24, 2.45) is 0 Å². The second-order valence-electron chi connectivity index (χ2n) is 14.9. The van der Waals surface area contributed by atoms with Gasteiger partial charge in [-0.1, -0.05) is 0 Å². The molecule has 7 rings (SSSR count). The van der Waals surface area contributed by atoms with Crippen LogP contribution < -0.4 is 0 Å². The number of hydrogen-bond acceptors (Lipinski definition) is 0. The van der Waals surface area contributed by atoms with Gasteiger partial charge in [-0.15, -0.1) is 0 Å². The molecule has 0 atom stereocenters. The van der Waals surface area contributed by atoms with Gasteiger partial charge in [0.2, 0.25) is 0 Å². The Morgan fingerprint density at radius 2 is 0.523 bits per heavy atom. The second-order valence-corrected chi connectivity index (χ2v) is 27.3. The second kappa shape index (κ2) is 13.6. The molecule has 0 radical (unpaired) electrons. The van der Waals surface area contributed by atoms with Crippen LogP contribution in [0.1, 0.15) is 119 Å². The van der Waals surface area contributed by atoms with Crippen molar-refractivity contribution < 1.29 is 0 Å². The molecule has 4 aliphatic heterocycles. The molecule has 3 aromatic rings. The third-order valence-electron chi connectivity index (χ3n) is 9.79. The predicted octanol–water partition coefficient (Wildman–Crippen LogP) is 5.96. The van der Waals surface area contributed by atoms with E-state index in [0.717, 1.165) is 0 Å². The number of benzene rings is 3. The first-order valence-electron chi connectivity index (χ1n) is 16.0. The fourth-order valence-electron chi connectivity index (χ4n) is 7.05. The molecule has 0 N–H and O–H groups in total. The van der Waals surface area contributed by atoms with E-state index in [-0.39, 0.29) is 10.8 Å². The molecule has 234 valence electrons. The maximum absolute atomic E-state index is 2.66. The van der Waals surface area contributed by atoms with Crippen LogP contribution in [0.2, 0.25) is 0 Å². The fraction of sp³-hybridized carbons (Fsp3) is 0.526. The van der Waals surface area contributed by atoms with Gasteiger partial charge in [0.25, 0.3) is 0 Å². The van der Waals surface area contributed by atoms with Gasteiger partial charge >= 0.3 is 308 Å². The molecule has 44 heavy (non-hydrogen) atoms. The van der Waals surface area contributed by atoms with Gasteiger partial charge in [-0.05, 0) is 0 Å². The van der Waals surface area contributed by atoms with Crippen LogP contribution in [-0.2, 0) is 74.7 Å². The number of rotatable bonds is 0. The average Bonchev–Trinajstić information content (AvgIpc) is 2.97. The van der Waals surface area contributed by atoms with Crippen LogP contribution in [0.3, 0.4) is 0 Å². The van der Waals surface area contributed by atoms with E-state index >= 15 is 0 Å². The third kappa shape index (κ3) is 6.80. The van der Waals surface area contributed by atoms with E-state index in [9.17, 15) is 0 Å². The quantitative estimate of drug-likeness (QED) is 0.245. The van der Waals surface area contributed by atoms with Gasteiger partial charge in [-0.25, -0.2) is 0 Å². The Labute approximate surface area is 305 Å². The van der Waals surface area contributed by atoms with Crippen LogP contribution in [0.25, 0.3) is 0 Å². The molecule has 0 aliphatic carbocycles. The molecule has 6 heteroatoms. The van der Waals surface area contributed by atoms with Crippen molar-refractivity contribution in [2.75, 3.05) is 0 Å². The van der Waals surface area contributed by atoms with Crippen molar-refractivity contribution in [2.45, 2.75) is 116 Å². The van der Waals surface area contributed by atoms with Gasteiger partial charge in [0.05, 0.1) is 0 Å². The van der Waals surface area contributed by atoms with Crippen LogP contribution in [0.5, 0.6) is 0 Å². The number of fused-ring (bicyclic) bond motifs is 6. The zero-order valence-electron chi connectivity index (χ0n) is 27.2. The van der Waals surface area contributed by atoms with Gasteiger partial charge in [-0.2, -0.15) is 0 Å². The van der Waals surface area contributed by atoms with Crippen LogP contribution in [-0.4, -0.2) is 89.7 Å². The van der Waals surface area contributed by atoms with E-state index in [4.69, 9.17) is 0 Å². The third-order valence-corrected chi connectivity index (χ3v) is 22.4. The SMILES string of the molecule is CC(C)(C)c1cc2c3c(c1)C[Se]Cc1c4c5c(c(c1C[Se]C3)C[Se]C2)C[Se]Cc1cc(C(C)(C)C)cc(c1C[Se]C5)C[Se]C4. The van der Waals surface area contributed by atoms with E-state index in [1.54, 1.807) is 44.5 Å². The van der Waals surface area contributed by atoms with Crippen molar-refractivity contribution in [1.82, 2.24) is 0 Å². The van der Waals surface area contributed by atoms with Crippen LogP contribution in [0, 0.1) is 0 Å². The molecular weight excluding hydrogens is 930 g/mol. The van der Waals surface area contributed by atoms with Gasteiger partial charge < -0.3 is 0 Å². The summed E-state index contributed by atoms with van der Waals surface area (Å²) in [4.78, 5) is 0. The van der Waals surface area contributed by atoms with Crippen molar-refractivity contribution in [3.8, 4) is 0 Å². The molecule has 0 saturated carbocycles. The fourth-order valence-corrected chi connectivity index (χ4v) is 21.7. The minimum absolute atomic E-state index is 0.238. The van der Waals surface area contributed by atoms with E-state index in [1.807, 2.05) is 33.4 Å². The first-order valence-corrected chi connectivity index (χ1v) is 30.6.